The Balaban J connectivity index is 1.82. The van der Waals surface area contributed by atoms with Crippen molar-refractivity contribution in [3.8, 4) is 0 Å². The van der Waals surface area contributed by atoms with E-state index in [2.05, 4.69) is 33.3 Å². The van der Waals surface area contributed by atoms with Gasteiger partial charge in [0.05, 0.1) is 15.9 Å². The van der Waals surface area contributed by atoms with Crippen LogP contribution in [0.15, 0.2) is 4.47 Å². The molecule has 0 bridgehead atoms. The topological polar surface area (TPSA) is 29.9 Å². The largest absolute Gasteiger partial charge is 0.311 e. The zero-order valence-electron chi connectivity index (χ0n) is 11.0. The van der Waals surface area contributed by atoms with Crippen LogP contribution in [0.2, 0.25) is 0 Å². The lowest BCUT2D eigenvalue weighted by Gasteiger charge is -2.11. The first-order valence-electron chi connectivity index (χ1n) is 6.46. The summed E-state index contributed by atoms with van der Waals surface area (Å²) in [6.07, 6.45) is 4.18. The minimum atomic E-state index is 0.873. The average Bonchev–Trinajstić information content (AvgIpc) is 2.78. The highest BCUT2D eigenvalue weighted by Gasteiger charge is 2.21. The zero-order valence-corrected chi connectivity index (χ0v) is 12.5. The van der Waals surface area contributed by atoms with E-state index >= 15 is 0 Å². The normalized spacial score (nSPS) is 24.5. The van der Waals surface area contributed by atoms with Crippen molar-refractivity contribution in [2.24, 2.45) is 18.9 Å². The van der Waals surface area contributed by atoms with Crippen LogP contribution in [-0.4, -0.2) is 16.3 Å². The molecule has 96 valence electrons. The fraction of sp³-hybridized carbons (Fsp3) is 0.769. The molecule has 4 heteroatoms. The van der Waals surface area contributed by atoms with Crippen LogP contribution < -0.4 is 5.32 Å². The molecule has 1 fully saturated rings. The highest BCUT2D eigenvalue weighted by Crippen LogP contribution is 2.29. The Kier molecular flexibility index (Phi) is 4.26. The first-order chi connectivity index (χ1) is 8.08. The molecule has 2 rings (SSSR count). The maximum Gasteiger partial charge on any atom is 0.0739 e. The van der Waals surface area contributed by atoms with Crippen LogP contribution in [0.4, 0.5) is 0 Å². The molecule has 1 aromatic rings. The van der Waals surface area contributed by atoms with E-state index < -0.39 is 0 Å². The van der Waals surface area contributed by atoms with Gasteiger partial charge in [0.25, 0.3) is 0 Å². The predicted octanol–water partition coefficient (Wildman–Crippen LogP) is 3.02. The molecule has 2 atom stereocenters. The molecular weight excluding hydrogens is 278 g/mol. The van der Waals surface area contributed by atoms with Crippen molar-refractivity contribution in [2.75, 3.05) is 6.54 Å². The maximum absolute atomic E-state index is 4.40. The number of hydrogen-bond donors (Lipinski definition) is 1. The third kappa shape index (κ3) is 3.10. The summed E-state index contributed by atoms with van der Waals surface area (Å²) in [5.74, 6) is 1.80. The maximum atomic E-state index is 4.40. The van der Waals surface area contributed by atoms with Gasteiger partial charge in [-0.2, -0.15) is 5.10 Å². The van der Waals surface area contributed by atoms with Gasteiger partial charge >= 0.3 is 0 Å². The van der Waals surface area contributed by atoms with Crippen molar-refractivity contribution in [2.45, 2.75) is 39.7 Å². The lowest BCUT2D eigenvalue weighted by molar-refractivity contribution is 0.464. The summed E-state index contributed by atoms with van der Waals surface area (Å²) < 4.78 is 3.11. The summed E-state index contributed by atoms with van der Waals surface area (Å²) >= 11 is 3.60. The third-order valence-electron chi connectivity index (χ3n) is 3.79. The molecule has 0 amide bonds. The van der Waals surface area contributed by atoms with Crippen LogP contribution in [-0.2, 0) is 13.6 Å². The van der Waals surface area contributed by atoms with E-state index in [0.717, 1.165) is 35.1 Å². The fourth-order valence-electron chi connectivity index (χ4n) is 2.78. The Morgan fingerprint density at radius 2 is 2.24 bits per heavy atom. The van der Waals surface area contributed by atoms with Gasteiger partial charge in [-0.25, -0.2) is 0 Å². The smallest absolute Gasteiger partial charge is 0.0739 e. The van der Waals surface area contributed by atoms with Crippen molar-refractivity contribution in [3.63, 3.8) is 0 Å². The average molecular weight is 300 g/mol. The van der Waals surface area contributed by atoms with Gasteiger partial charge in [-0.3, -0.25) is 4.68 Å². The molecule has 0 radical (unpaired) electrons. The van der Waals surface area contributed by atoms with Crippen LogP contribution in [0.5, 0.6) is 0 Å². The molecule has 3 nitrogen and oxygen atoms in total. The van der Waals surface area contributed by atoms with Gasteiger partial charge < -0.3 is 5.32 Å². The second-order valence-corrected chi connectivity index (χ2v) is 6.18. The number of halogens is 1. The van der Waals surface area contributed by atoms with Crippen molar-refractivity contribution in [1.82, 2.24) is 15.1 Å². The summed E-state index contributed by atoms with van der Waals surface area (Å²) in [6.45, 7) is 6.44. The van der Waals surface area contributed by atoms with Crippen molar-refractivity contribution >= 4 is 15.9 Å². The van der Waals surface area contributed by atoms with Gasteiger partial charge in [-0.15, -0.1) is 0 Å². The molecule has 1 saturated carbocycles. The van der Waals surface area contributed by atoms with Crippen molar-refractivity contribution < 1.29 is 0 Å². The van der Waals surface area contributed by atoms with E-state index in [1.807, 2.05) is 18.7 Å². The Bertz CT molecular complexity index is 386. The molecule has 0 aromatic carbocycles. The summed E-state index contributed by atoms with van der Waals surface area (Å²) in [7, 11) is 2.01. The second-order valence-electron chi connectivity index (χ2n) is 5.38. The minimum Gasteiger partial charge on any atom is -0.311 e. The molecule has 0 spiro atoms. The quantitative estimate of drug-likeness (QED) is 0.926. The monoisotopic (exact) mass is 299 g/mol. The summed E-state index contributed by atoms with van der Waals surface area (Å²) in [5.41, 5.74) is 2.31. The van der Waals surface area contributed by atoms with Crippen LogP contribution in [0, 0.1) is 18.8 Å². The zero-order chi connectivity index (χ0) is 12.4. The summed E-state index contributed by atoms with van der Waals surface area (Å²) in [4.78, 5) is 0. The van der Waals surface area contributed by atoms with Crippen molar-refractivity contribution in [3.05, 3.63) is 15.9 Å². The third-order valence-corrected chi connectivity index (χ3v) is 4.82. The lowest BCUT2D eigenvalue weighted by atomic mass is 10.1. The van der Waals surface area contributed by atoms with Gasteiger partial charge in [0.1, 0.15) is 0 Å². The SMILES string of the molecule is Cc1nn(C)c(CNCC2CCC(C)C2)c1Br. The molecule has 17 heavy (non-hydrogen) atoms. The van der Waals surface area contributed by atoms with Gasteiger partial charge in [-0.1, -0.05) is 13.3 Å². The molecule has 0 aliphatic heterocycles. The highest BCUT2D eigenvalue weighted by molar-refractivity contribution is 9.10. The number of rotatable bonds is 4. The molecule has 1 N–H and O–H groups in total. The van der Waals surface area contributed by atoms with Crippen LogP contribution in [0.1, 0.15) is 37.6 Å². The van der Waals surface area contributed by atoms with Gasteiger partial charge in [0.15, 0.2) is 0 Å². The molecule has 1 aromatic heterocycles. The standard InChI is InChI=1S/C13H22BrN3/c1-9-4-5-11(6-9)7-15-8-12-13(14)10(2)16-17(12)3/h9,11,15H,4-8H2,1-3H3. The summed E-state index contributed by atoms with van der Waals surface area (Å²) in [5, 5.41) is 7.97. The Labute approximate surface area is 112 Å². The Morgan fingerprint density at radius 1 is 1.47 bits per heavy atom. The molecule has 0 saturated heterocycles. The first kappa shape index (κ1) is 13.1. The van der Waals surface area contributed by atoms with Gasteiger partial charge in [0.2, 0.25) is 0 Å². The predicted molar refractivity (Wildman–Crippen MR) is 73.9 cm³/mol. The van der Waals surface area contributed by atoms with E-state index in [-0.39, 0.29) is 0 Å². The molecular formula is C13H22BrN3. The van der Waals surface area contributed by atoms with Gasteiger partial charge in [0, 0.05) is 13.6 Å². The molecule has 1 aliphatic rings. The summed E-state index contributed by atoms with van der Waals surface area (Å²) in [6, 6.07) is 0. The van der Waals surface area contributed by atoms with E-state index in [1.165, 1.54) is 25.0 Å². The van der Waals surface area contributed by atoms with E-state index in [4.69, 9.17) is 0 Å². The number of aryl methyl sites for hydroxylation is 2. The Morgan fingerprint density at radius 3 is 2.76 bits per heavy atom. The van der Waals surface area contributed by atoms with E-state index in [1.54, 1.807) is 0 Å². The lowest BCUT2D eigenvalue weighted by Crippen LogP contribution is -2.22. The number of nitrogens with zero attached hydrogens (tertiary/aromatic N) is 2. The number of aromatic nitrogens is 2. The molecule has 2 unspecified atom stereocenters. The van der Waals surface area contributed by atoms with E-state index in [9.17, 15) is 0 Å². The Hall–Kier alpha value is -0.350. The fourth-order valence-corrected chi connectivity index (χ4v) is 3.25. The highest BCUT2D eigenvalue weighted by atomic mass is 79.9. The van der Waals surface area contributed by atoms with E-state index in [0.29, 0.717) is 0 Å². The van der Waals surface area contributed by atoms with Crippen LogP contribution in [0.25, 0.3) is 0 Å². The molecule has 1 heterocycles. The molecule has 1 aliphatic carbocycles. The van der Waals surface area contributed by atoms with Crippen LogP contribution in [0.3, 0.4) is 0 Å². The van der Waals surface area contributed by atoms with Gasteiger partial charge in [-0.05, 0) is 54.1 Å². The number of hydrogen-bond acceptors (Lipinski definition) is 2. The number of nitrogens with one attached hydrogen (secondary N) is 1. The van der Waals surface area contributed by atoms with Crippen LogP contribution >= 0.6 is 15.9 Å². The van der Waals surface area contributed by atoms with Crippen molar-refractivity contribution in [1.29, 1.82) is 0 Å². The second kappa shape index (κ2) is 5.53. The first-order valence-corrected chi connectivity index (χ1v) is 7.26. The minimum absolute atomic E-state index is 0.873.